The van der Waals surface area contributed by atoms with Crippen LogP contribution in [0.15, 0.2) is 23.0 Å². The van der Waals surface area contributed by atoms with E-state index < -0.39 is 0 Å². The Bertz CT molecular complexity index is 509. The maximum atomic E-state index is 12.1. The molecule has 0 spiro atoms. The topological polar surface area (TPSA) is 82.9 Å². The maximum Gasteiger partial charge on any atom is 0.324 e. The van der Waals surface area contributed by atoms with Gasteiger partial charge in [0.25, 0.3) is 5.91 Å². The molecule has 1 N–H and O–H groups in total. The molecule has 19 heavy (non-hydrogen) atoms. The molecule has 7 nitrogen and oxygen atoms in total. The van der Waals surface area contributed by atoms with E-state index in [1.807, 2.05) is 0 Å². The van der Waals surface area contributed by atoms with Crippen LogP contribution >= 0.6 is 0 Å². The van der Waals surface area contributed by atoms with Crippen molar-refractivity contribution >= 4 is 17.8 Å². The van der Waals surface area contributed by atoms with Crippen LogP contribution < -0.4 is 5.32 Å². The molecule has 0 bridgehead atoms. The molecule has 2 aliphatic heterocycles. The molecule has 100 valence electrons. The van der Waals surface area contributed by atoms with Gasteiger partial charge < -0.3 is 14.6 Å². The zero-order valence-electron chi connectivity index (χ0n) is 10.2. The highest BCUT2D eigenvalue weighted by Crippen LogP contribution is 2.20. The Labute approximate surface area is 109 Å². The number of carbonyl (C=O) groups excluding carboxylic acids is 3. The lowest BCUT2D eigenvalue weighted by Gasteiger charge is -2.21. The Kier molecular flexibility index (Phi) is 2.73. The molecule has 7 heteroatoms. The van der Waals surface area contributed by atoms with E-state index in [0.29, 0.717) is 25.1 Å². The Balaban J connectivity index is 1.69. The minimum atomic E-state index is -0.368. The van der Waals surface area contributed by atoms with Crippen molar-refractivity contribution in [3.05, 3.63) is 24.2 Å². The number of likely N-dealkylation sites (tertiary alicyclic amines) is 1. The first-order chi connectivity index (χ1) is 9.16. The van der Waals surface area contributed by atoms with Crippen molar-refractivity contribution in [3.8, 4) is 0 Å². The van der Waals surface area contributed by atoms with E-state index >= 15 is 0 Å². The van der Waals surface area contributed by atoms with Crippen LogP contribution in [0, 0.1) is 0 Å². The number of imide groups is 1. The number of furan rings is 1. The third-order valence-corrected chi connectivity index (χ3v) is 3.46. The molecule has 1 aromatic heterocycles. The number of amides is 4. The predicted octanol–water partition coefficient (Wildman–Crippen LogP) is 0.0459. The van der Waals surface area contributed by atoms with E-state index in [0.717, 1.165) is 0 Å². The smallest absolute Gasteiger partial charge is 0.324 e. The average Bonchev–Trinajstić information content (AvgIpc) is 3.10. The molecule has 3 rings (SSSR count). The summed E-state index contributed by atoms with van der Waals surface area (Å²) >= 11 is 0. The number of rotatable bonds is 2. The molecule has 2 fully saturated rings. The zero-order valence-corrected chi connectivity index (χ0v) is 10.2. The molecule has 4 amide bonds. The van der Waals surface area contributed by atoms with Gasteiger partial charge in [0, 0.05) is 13.1 Å². The second-order valence-corrected chi connectivity index (χ2v) is 4.63. The number of hydrogen-bond donors (Lipinski definition) is 1. The zero-order chi connectivity index (χ0) is 13.4. The Hall–Kier alpha value is -2.31. The van der Waals surface area contributed by atoms with Gasteiger partial charge in [-0.25, -0.2) is 4.79 Å². The van der Waals surface area contributed by atoms with Gasteiger partial charge in [-0.1, -0.05) is 0 Å². The van der Waals surface area contributed by atoms with E-state index in [1.54, 1.807) is 11.0 Å². The van der Waals surface area contributed by atoms with Crippen molar-refractivity contribution in [1.29, 1.82) is 0 Å². The number of urea groups is 1. The lowest BCUT2D eigenvalue weighted by atomic mass is 10.2. The molecular formula is C12H13N3O4. The first-order valence-corrected chi connectivity index (χ1v) is 6.08. The van der Waals surface area contributed by atoms with E-state index in [2.05, 4.69) is 5.32 Å². The summed E-state index contributed by atoms with van der Waals surface area (Å²) in [6.45, 7) is 0.958. The SMILES string of the molecule is O=C(c1ccoc1)N1CC[C@@H](N2C(=O)CNC2=O)C1. The van der Waals surface area contributed by atoms with Gasteiger partial charge in [0.15, 0.2) is 0 Å². The van der Waals surface area contributed by atoms with Crippen LogP contribution in [0.2, 0.25) is 0 Å². The summed E-state index contributed by atoms with van der Waals surface area (Å²) in [6, 6.07) is 1.00. The third-order valence-electron chi connectivity index (χ3n) is 3.46. The van der Waals surface area contributed by atoms with Gasteiger partial charge in [-0.15, -0.1) is 0 Å². The first-order valence-electron chi connectivity index (χ1n) is 6.08. The Morgan fingerprint density at radius 3 is 2.89 bits per heavy atom. The number of carbonyl (C=O) groups is 3. The highest BCUT2D eigenvalue weighted by Gasteiger charge is 2.39. The number of nitrogens with one attached hydrogen (secondary N) is 1. The molecule has 2 saturated heterocycles. The van der Waals surface area contributed by atoms with Gasteiger partial charge in [0.05, 0.1) is 24.4 Å². The van der Waals surface area contributed by atoms with E-state index in [-0.39, 0.29) is 30.4 Å². The second kappa shape index (κ2) is 4.42. The van der Waals surface area contributed by atoms with Crippen LogP contribution in [-0.2, 0) is 4.79 Å². The van der Waals surface area contributed by atoms with Gasteiger partial charge in [-0.2, -0.15) is 0 Å². The predicted molar refractivity (Wildman–Crippen MR) is 63.3 cm³/mol. The molecule has 0 radical (unpaired) electrons. The molecule has 0 aromatic carbocycles. The molecule has 1 aromatic rings. The Morgan fingerprint density at radius 2 is 2.26 bits per heavy atom. The standard InChI is InChI=1S/C12H13N3O4/c16-10-5-13-12(18)15(10)9-1-3-14(6-9)11(17)8-2-4-19-7-8/h2,4,7,9H,1,3,5-6H2,(H,13,18)/t9-/m1/s1. The van der Waals surface area contributed by atoms with Crippen LogP contribution in [0.5, 0.6) is 0 Å². The average molecular weight is 263 g/mol. The highest BCUT2D eigenvalue weighted by atomic mass is 16.3. The minimum absolute atomic E-state index is 0.0466. The van der Waals surface area contributed by atoms with E-state index in [4.69, 9.17) is 4.42 Å². The third kappa shape index (κ3) is 1.96. The number of hydrogen-bond acceptors (Lipinski definition) is 4. The summed E-state index contributed by atoms with van der Waals surface area (Å²) in [5.41, 5.74) is 0.484. The molecule has 2 aliphatic rings. The molecule has 0 aliphatic carbocycles. The summed E-state index contributed by atoms with van der Waals surface area (Å²) in [6.07, 6.45) is 3.45. The largest absolute Gasteiger partial charge is 0.472 e. The highest BCUT2D eigenvalue weighted by molar-refractivity contribution is 6.02. The first kappa shape index (κ1) is 11.8. The fourth-order valence-electron chi connectivity index (χ4n) is 2.51. The normalized spacial score (nSPS) is 23.1. The summed E-state index contributed by atoms with van der Waals surface area (Å²) in [4.78, 5) is 38.1. The van der Waals surface area contributed by atoms with Gasteiger partial charge in [-0.05, 0) is 12.5 Å². The van der Waals surface area contributed by atoms with Crippen molar-refractivity contribution < 1.29 is 18.8 Å². The number of nitrogens with zero attached hydrogens (tertiary/aromatic N) is 2. The summed E-state index contributed by atoms with van der Waals surface area (Å²) in [5.74, 6) is -0.365. The van der Waals surface area contributed by atoms with E-state index in [9.17, 15) is 14.4 Å². The molecule has 0 unspecified atom stereocenters. The van der Waals surface area contributed by atoms with Gasteiger partial charge in [0.2, 0.25) is 5.91 Å². The van der Waals surface area contributed by atoms with Crippen molar-refractivity contribution in [1.82, 2.24) is 15.1 Å². The molecule has 0 saturated carbocycles. The molecule has 1 atom stereocenters. The lowest BCUT2D eigenvalue weighted by molar-refractivity contribution is -0.126. The van der Waals surface area contributed by atoms with Gasteiger partial charge in [-0.3, -0.25) is 14.5 Å². The molecule has 3 heterocycles. The lowest BCUT2D eigenvalue weighted by Crippen LogP contribution is -2.42. The summed E-state index contributed by atoms with van der Waals surface area (Å²) < 4.78 is 4.88. The van der Waals surface area contributed by atoms with Gasteiger partial charge >= 0.3 is 6.03 Å². The minimum Gasteiger partial charge on any atom is -0.472 e. The van der Waals surface area contributed by atoms with Crippen molar-refractivity contribution in [2.75, 3.05) is 19.6 Å². The second-order valence-electron chi connectivity index (χ2n) is 4.63. The Morgan fingerprint density at radius 1 is 1.42 bits per heavy atom. The van der Waals surface area contributed by atoms with Crippen LogP contribution in [0.25, 0.3) is 0 Å². The monoisotopic (exact) mass is 263 g/mol. The summed E-state index contributed by atoms with van der Waals surface area (Å²) in [7, 11) is 0. The van der Waals surface area contributed by atoms with Crippen molar-refractivity contribution in [2.24, 2.45) is 0 Å². The van der Waals surface area contributed by atoms with Gasteiger partial charge in [0.1, 0.15) is 6.26 Å². The van der Waals surface area contributed by atoms with Crippen LogP contribution in [0.3, 0.4) is 0 Å². The summed E-state index contributed by atoms with van der Waals surface area (Å²) in [5, 5.41) is 2.49. The fraction of sp³-hybridized carbons (Fsp3) is 0.417. The van der Waals surface area contributed by atoms with Crippen LogP contribution in [-0.4, -0.2) is 53.3 Å². The quantitative estimate of drug-likeness (QED) is 0.764. The van der Waals surface area contributed by atoms with E-state index in [1.165, 1.54) is 17.4 Å². The fourth-order valence-corrected chi connectivity index (χ4v) is 2.51. The maximum absolute atomic E-state index is 12.1. The van der Waals surface area contributed by atoms with Crippen molar-refractivity contribution in [2.45, 2.75) is 12.5 Å². The molecular weight excluding hydrogens is 250 g/mol. The van der Waals surface area contributed by atoms with Crippen molar-refractivity contribution in [3.63, 3.8) is 0 Å². The van der Waals surface area contributed by atoms with Crippen LogP contribution in [0.4, 0.5) is 4.79 Å². The van der Waals surface area contributed by atoms with Crippen LogP contribution in [0.1, 0.15) is 16.8 Å².